The molecule has 2 aromatic heterocycles. The Bertz CT molecular complexity index is 527. The first kappa shape index (κ1) is 9.99. The van der Waals surface area contributed by atoms with E-state index in [1.807, 2.05) is 0 Å². The van der Waals surface area contributed by atoms with Crippen molar-refractivity contribution in [2.75, 3.05) is 0 Å². The predicted octanol–water partition coefficient (Wildman–Crippen LogP) is 1.57. The van der Waals surface area contributed by atoms with Crippen LogP contribution in [0, 0.1) is 0 Å². The second-order valence-corrected chi connectivity index (χ2v) is 4.41. The predicted molar refractivity (Wildman–Crippen MR) is 59.2 cm³/mol. The minimum absolute atomic E-state index is 0.0171. The van der Waals surface area contributed by atoms with Crippen LogP contribution in [0.15, 0.2) is 12.5 Å². The van der Waals surface area contributed by atoms with Gasteiger partial charge in [0.2, 0.25) is 0 Å². The number of aliphatic hydroxyl groups is 1. The molecule has 2 unspecified atom stereocenters. The molecule has 0 saturated heterocycles. The molecule has 0 aliphatic heterocycles. The van der Waals surface area contributed by atoms with Gasteiger partial charge in [-0.2, -0.15) is 5.10 Å². The average Bonchev–Trinajstić information content (AvgIpc) is 2.84. The number of fused-ring (bicyclic) bond motifs is 1. The third-order valence-electron chi connectivity index (χ3n) is 3.10. The molecule has 0 radical (unpaired) electrons. The van der Waals surface area contributed by atoms with Crippen molar-refractivity contribution >= 4 is 22.6 Å². The molecular weight excluding hydrogens is 228 g/mol. The van der Waals surface area contributed by atoms with Crippen LogP contribution >= 0.6 is 11.6 Å². The van der Waals surface area contributed by atoms with E-state index in [2.05, 4.69) is 15.1 Å². The minimum atomic E-state index is -0.336. The number of aromatic nitrogens is 4. The Morgan fingerprint density at radius 3 is 3.00 bits per heavy atom. The lowest BCUT2D eigenvalue weighted by molar-refractivity contribution is 0.132. The Balaban J connectivity index is 2.14. The van der Waals surface area contributed by atoms with Gasteiger partial charge in [-0.25, -0.2) is 14.6 Å². The second-order valence-electron chi connectivity index (χ2n) is 4.06. The maximum atomic E-state index is 9.85. The summed E-state index contributed by atoms with van der Waals surface area (Å²) < 4.78 is 1.76. The van der Waals surface area contributed by atoms with Gasteiger partial charge in [0.1, 0.15) is 11.5 Å². The summed E-state index contributed by atoms with van der Waals surface area (Å²) in [6, 6.07) is 0.0171. The molecule has 0 spiro atoms. The fraction of sp³-hybridized carbons (Fsp3) is 0.500. The molecule has 2 heterocycles. The largest absolute Gasteiger partial charge is 0.391 e. The molecule has 0 amide bonds. The SMILES string of the molecule is OC1CCCC1n1ncc2c(Cl)ncnc21. The van der Waals surface area contributed by atoms with Crippen LogP contribution in [0.5, 0.6) is 0 Å². The maximum absolute atomic E-state index is 9.85. The van der Waals surface area contributed by atoms with Crippen LogP contribution in [0.2, 0.25) is 5.15 Å². The normalized spacial score (nSPS) is 25.4. The zero-order valence-corrected chi connectivity index (χ0v) is 9.30. The topological polar surface area (TPSA) is 63.8 Å². The number of aliphatic hydroxyl groups excluding tert-OH is 1. The summed E-state index contributed by atoms with van der Waals surface area (Å²) >= 11 is 5.95. The summed E-state index contributed by atoms with van der Waals surface area (Å²) in [6.07, 6.45) is 5.51. The Morgan fingerprint density at radius 2 is 2.25 bits per heavy atom. The van der Waals surface area contributed by atoms with Crippen molar-refractivity contribution in [3.8, 4) is 0 Å². The third-order valence-corrected chi connectivity index (χ3v) is 3.40. The van der Waals surface area contributed by atoms with E-state index >= 15 is 0 Å². The van der Waals surface area contributed by atoms with Crippen molar-refractivity contribution < 1.29 is 5.11 Å². The van der Waals surface area contributed by atoms with Gasteiger partial charge in [-0.15, -0.1) is 0 Å². The van der Waals surface area contributed by atoms with Crippen LogP contribution in [-0.2, 0) is 0 Å². The number of nitrogens with zero attached hydrogens (tertiary/aromatic N) is 4. The number of rotatable bonds is 1. The van der Waals surface area contributed by atoms with Crippen LogP contribution in [0.1, 0.15) is 25.3 Å². The van der Waals surface area contributed by atoms with Gasteiger partial charge in [0.25, 0.3) is 0 Å². The van der Waals surface area contributed by atoms with E-state index in [1.165, 1.54) is 6.33 Å². The van der Waals surface area contributed by atoms with Crippen LogP contribution in [0.3, 0.4) is 0 Å². The van der Waals surface area contributed by atoms with E-state index in [1.54, 1.807) is 10.9 Å². The van der Waals surface area contributed by atoms with Crippen molar-refractivity contribution in [3.05, 3.63) is 17.7 Å². The van der Waals surface area contributed by atoms with Crippen LogP contribution in [0.25, 0.3) is 11.0 Å². The first-order valence-corrected chi connectivity index (χ1v) is 5.67. The summed E-state index contributed by atoms with van der Waals surface area (Å²) in [5.74, 6) is 0. The average molecular weight is 239 g/mol. The molecule has 2 atom stereocenters. The van der Waals surface area contributed by atoms with E-state index in [4.69, 9.17) is 11.6 Å². The molecule has 0 bridgehead atoms. The van der Waals surface area contributed by atoms with Crippen molar-refractivity contribution in [1.29, 1.82) is 0 Å². The Hall–Kier alpha value is -1.20. The fourth-order valence-electron chi connectivity index (χ4n) is 2.28. The summed E-state index contributed by atoms with van der Waals surface area (Å²) in [5, 5.41) is 15.3. The third kappa shape index (κ3) is 1.39. The van der Waals surface area contributed by atoms with E-state index in [9.17, 15) is 5.11 Å². The Labute approximate surface area is 97.1 Å². The molecule has 1 aliphatic carbocycles. The highest BCUT2D eigenvalue weighted by atomic mass is 35.5. The highest BCUT2D eigenvalue weighted by molar-refractivity contribution is 6.33. The van der Waals surface area contributed by atoms with E-state index in [-0.39, 0.29) is 12.1 Å². The lowest BCUT2D eigenvalue weighted by Crippen LogP contribution is -2.19. The van der Waals surface area contributed by atoms with Crippen LogP contribution in [-0.4, -0.2) is 31.0 Å². The van der Waals surface area contributed by atoms with Crippen LogP contribution < -0.4 is 0 Å². The van der Waals surface area contributed by atoms with Gasteiger partial charge in [0.15, 0.2) is 5.65 Å². The van der Waals surface area contributed by atoms with E-state index in [0.717, 1.165) is 24.6 Å². The summed E-state index contributed by atoms with van der Waals surface area (Å²) in [5.41, 5.74) is 0.700. The standard InChI is InChI=1S/C10H11ClN4O/c11-9-6-4-14-15(10(6)13-5-12-9)7-2-1-3-8(7)16/h4-5,7-8,16H,1-3H2. The molecule has 1 fully saturated rings. The molecule has 6 heteroatoms. The van der Waals surface area contributed by atoms with Gasteiger partial charge < -0.3 is 5.11 Å². The monoisotopic (exact) mass is 238 g/mol. The number of hydrogen-bond donors (Lipinski definition) is 1. The summed E-state index contributed by atoms with van der Waals surface area (Å²) in [7, 11) is 0. The zero-order valence-electron chi connectivity index (χ0n) is 8.54. The van der Waals surface area contributed by atoms with Crippen molar-refractivity contribution in [3.63, 3.8) is 0 Å². The van der Waals surface area contributed by atoms with Gasteiger partial charge in [-0.1, -0.05) is 11.6 Å². The molecule has 3 rings (SSSR count). The number of hydrogen-bond acceptors (Lipinski definition) is 4. The van der Waals surface area contributed by atoms with Gasteiger partial charge in [0.05, 0.1) is 23.7 Å². The molecule has 0 aromatic carbocycles. The minimum Gasteiger partial charge on any atom is -0.391 e. The molecule has 1 saturated carbocycles. The smallest absolute Gasteiger partial charge is 0.163 e. The fourth-order valence-corrected chi connectivity index (χ4v) is 2.46. The van der Waals surface area contributed by atoms with E-state index in [0.29, 0.717) is 10.8 Å². The summed E-state index contributed by atoms with van der Waals surface area (Å²) in [4.78, 5) is 8.08. The molecule has 2 aromatic rings. The molecule has 1 N–H and O–H groups in total. The van der Waals surface area contributed by atoms with E-state index < -0.39 is 0 Å². The van der Waals surface area contributed by atoms with Gasteiger partial charge in [0, 0.05) is 0 Å². The Morgan fingerprint density at radius 1 is 1.38 bits per heavy atom. The quantitative estimate of drug-likeness (QED) is 0.766. The van der Waals surface area contributed by atoms with Gasteiger partial charge in [-0.3, -0.25) is 0 Å². The highest BCUT2D eigenvalue weighted by Gasteiger charge is 2.29. The molecule has 16 heavy (non-hydrogen) atoms. The van der Waals surface area contributed by atoms with Crippen molar-refractivity contribution in [2.45, 2.75) is 31.4 Å². The molecule has 5 nitrogen and oxygen atoms in total. The first-order chi connectivity index (χ1) is 7.77. The molecule has 1 aliphatic rings. The van der Waals surface area contributed by atoms with Gasteiger partial charge in [-0.05, 0) is 19.3 Å². The highest BCUT2D eigenvalue weighted by Crippen LogP contribution is 2.32. The second kappa shape index (κ2) is 3.68. The molecular formula is C10H11ClN4O. The maximum Gasteiger partial charge on any atom is 0.163 e. The van der Waals surface area contributed by atoms with Crippen molar-refractivity contribution in [1.82, 2.24) is 19.7 Å². The lowest BCUT2D eigenvalue weighted by Gasteiger charge is -2.15. The molecule has 84 valence electrons. The lowest BCUT2D eigenvalue weighted by atomic mass is 10.2. The number of halogens is 1. The van der Waals surface area contributed by atoms with Gasteiger partial charge >= 0.3 is 0 Å². The van der Waals surface area contributed by atoms with Crippen molar-refractivity contribution in [2.24, 2.45) is 0 Å². The Kier molecular flexibility index (Phi) is 2.29. The van der Waals surface area contributed by atoms with Crippen LogP contribution in [0.4, 0.5) is 0 Å². The zero-order chi connectivity index (χ0) is 11.1. The first-order valence-electron chi connectivity index (χ1n) is 5.29. The summed E-state index contributed by atoms with van der Waals surface area (Å²) in [6.45, 7) is 0.